The lowest BCUT2D eigenvalue weighted by Crippen LogP contribution is -2.57. The molecule has 5 saturated carbocycles. The van der Waals surface area contributed by atoms with Gasteiger partial charge in [0.1, 0.15) is 0 Å². The molecule has 0 saturated heterocycles. The maximum atomic E-state index is 13.2. The van der Waals surface area contributed by atoms with Crippen LogP contribution in [-0.4, -0.2) is 18.0 Å². The minimum atomic E-state index is 0.0732. The van der Waals surface area contributed by atoms with Gasteiger partial charge in [0.2, 0.25) is 5.91 Å². The molecule has 0 aliphatic heterocycles. The molecule has 27 heavy (non-hydrogen) atoms. The third-order valence-corrected chi connectivity index (χ3v) is 8.50. The van der Waals surface area contributed by atoms with E-state index in [1.54, 1.807) is 0 Å². The molecule has 3 heteroatoms. The standard InChI is InChI=1S/C24H34N2O/c25-21-6-8-22(9-7-21)26-23(27)15-24(18-4-2-1-3-5-18)19-11-16-10-17(13-19)14-20(24)12-16/h1-5,16-17,19-22H,6-15,25H2,(H,26,27). The van der Waals surface area contributed by atoms with E-state index in [-0.39, 0.29) is 11.3 Å². The third kappa shape index (κ3) is 3.12. The summed E-state index contributed by atoms with van der Waals surface area (Å²) in [7, 11) is 0. The number of nitrogens with one attached hydrogen (secondary N) is 1. The van der Waals surface area contributed by atoms with Crippen LogP contribution in [0.3, 0.4) is 0 Å². The van der Waals surface area contributed by atoms with Gasteiger partial charge in [0.15, 0.2) is 0 Å². The minimum Gasteiger partial charge on any atom is -0.353 e. The Balaban J connectivity index is 1.39. The smallest absolute Gasteiger partial charge is 0.221 e. The second kappa shape index (κ2) is 6.92. The van der Waals surface area contributed by atoms with E-state index in [4.69, 9.17) is 5.73 Å². The van der Waals surface area contributed by atoms with Crippen molar-refractivity contribution in [2.45, 2.75) is 81.7 Å². The number of hydrogen-bond acceptors (Lipinski definition) is 2. The van der Waals surface area contributed by atoms with Gasteiger partial charge in [-0.05, 0) is 87.0 Å². The van der Waals surface area contributed by atoms with E-state index in [1.807, 2.05) is 0 Å². The Labute approximate surface area is 163 Å². The second-order valence-corrected chi connectivity index (χ2v) is 10.1. The zero-order valence-electron chi connectivity index (χ0n) is 16.4. The number of benzene rings is 1. The van der Waals surface area contributed by atoms with Crippen molar-refractivity contribution in [1.29, 1.82) is 0 Å². The van der Waals surface area contributed by atoms with E-state index in [1.165, 1.54) is 37.7 Å². The van der Waals surface area contributed by atoms with Crippen LogP contribution in [0.15, 0.2) is 30.3 Å². The Morgan fingerprint density at radius 3 is 2.11 bits per heavy atom. The summed E-state index contributed by atoms with van der Waals surface area (Å²) in [5.41, 5.74) is 7.54. The Bertz CT molecular complexity index is 649. The summed E-state index contributed by atoms with van der Waals surface area (Å²) in [6.07, 6.45) is 11.7. The number of nitrogens with two attached hydrogens (primary N) is 1. The second-order valence-electron chi connectivity index (χ2n) is 10.1. The van der Waals surface area contributed by atoms with E-state index in [0.29, 0.717) is 30.3 Å². The van der Waals surface area contributed by atoms with Crippen molar-refractivity contribution >= 4 is 5.91 Å². The molecule has 0 atom stereocenters. The third-order valence-electron chi connectivity index (χ3n) is 8.50. The molecule has 146 valence electrons. The summed E-state index contributed by atoms with van der Waals surface area (Å²) < 4.78 is 0. The molecule has 4 bridgehead atoms. The summed E-state index contributed by atoms with van der Waals surface area (Å²) in [6.45, 7) is 0. The number of amides is 1. The van der Waals surface area contributed by atoms with Crippen molar-refractivity contribution in [3.8, 4) is 0 Å². The molecule has 6 rings (SSSR count). The van der Waals surface area contributed by atoms with Crippen LogP contribution in [0.1, 0.15) is 69.8 Å². The highest BCUT2D eigenvalue weighted by Crippen LogP contribution is 2.64. The molecule has 0 spiro atoms. The van der Waals surface area contributed by atoms with Crippen LogP contribution in [0.4, 0.5) is 0 Å². The molecular formula is C24H34N2O. The van der Waals surface area contributed by atoms with Crippen LogP contribution in [0.25, 0.3) is 0 Å². The van der Waals surface area contributed by atoms with E-state index < -0.39 is 0 Å². The van der Waals surface area contributed by atoms with Crippen molar-refractivity contribution < 1.29 is 4.79 Å². The highest BCUT2D eigenvalue weighted by atomic mass is 16.1. The molecule has 0 unspecified atom stereocenters. The van der Waals surface area contributed by atoms with E-state index in [2.05, 4.69) is 35.6 Å². The predicted molar refractivity (Wildman–Crippen MR) is 108 cm³/mol. The molecule has 5 fully saturated rings. The lowest BCUT2D eigenvalue weighted by molar-refractivity contribution is -0.130. The maximum absolute atomic E-state index is 13.2. The summed E-state index contributed by atoms with van der Waals surface area (Å²) in [5, 5.41) is 3.40. The average Bonchev–Trinajstić information content (AvgIpc) is 2.67. The summed E-state index contributed by atoms with van der Waals surface area (Å²) in [4.78, 5) is 13.2. The minimum absolute atomic E-state index is 0.0732. The van der Waals surface area contributed by atoms with Crippen LogP contribution >= 0.6 is 0 Å². The van der Waals surface area contributed by atoms with Crippen molar-refractivity contribution in [2.24, 2.45) is 29.4 Å². The first-order chi connectivity index (χ1) is 13.1. The molecule has 0 aromatic heterocycles. The molecule has 0 heterocycles. The fourth-order valence-electron chi connectivity index (χ4n) is 7.44. The molecule has 5 aliphatic carbocycles. The molecule has 1 amide bonds. The lowest BCUT2D eigenvalue weighted by Gasteiger charge is -2.61. The van der Waals surface area contributed by atoms with Gasteiger partial charge in [-0.25, -0.2) is 0 Å². The summed E-state index contributed by atoms with van der Waals surface area (Å²) in [5.74, 6) is 3.52. The van der Waals surface area contributed by atoms with E-state index in [9.17, 15) is 4.79 Å². The van der Waals surface area contributed by atoms with Crippen LogP contribution in [-0.2, 0) is 10.2 Å². The normalized spacial score (nSPS) is 42.9. The zero-order chi connectivity index (χ0) is 18.4. The largest absolute Gasteiger partial charge is 0.353 e. The summed E-state index contributed by atoms with van der Waals surface area (Å²) in [6, 6.07) is 11.7. The van der Waals surface area contributed by atoms with Gasteiger partial charge >= 0.3 is 0 Å². The quantitative estimate of drug-likeness (QED) is 0.841. The molecule has 3 N–H and O–H groups in total. The number of carbonyl (C=O) groups excluding carboxylic acids is 1. The van der Waals surface area contributed by atoms with Crippen molar-refractivity contribution in [3.63, 3.8) is 0 Å². The first-order valence-electron chi connectivity index (χ1n) is 11.2. The van der Waals surface area contributed by atoms with Crippen LogP contribution in [0.2, 0.25) is 0 Å². The Hall–Kier alpha value is -1.35. The van der Waals surface area contributed by atoms with Gasteiger partial charge in [-0.3, -0.25) is 4.79 Å². The number of carbonyl (C=O) groups is 1. The van der Waals surface area contributed by atoms with E-state index >= 15 is 0 Å². The molecule has 3 nitrogen and oxygen atoms in total. The molecule has 0 radical (unpaired) electrons. The van der Waals surface area contributed by atoms with Crippen molar-refractivity contribution in [2.75, 3.05) is 0 Å². The Morgan fingerprint density at radius 1 is 0.926 bits per heavy atom. The molecule has 1 aromatic carbocycles. The van der Waals surface area contributed by atoms with Gasteiger partial charge in [0, 0.05) is 23.9 Å². The number of hydrogen-bond donors (Lipinski definition) is 2. The topological polar surface area (TPSA) is 55.1 Å². The van der Waals surface area contributed by atoms with E-state index in [0.717, 1.165) is 37.5 Å². The molecule has 1 aromatic rings. The zero-order valence-corrected chi connectivity index (χ0v) is 16.4. The van der Waals surface area contributed by atoms with Gasteiger partial charge in [-0.1, -0.05) is 30.3 Å². The maximum Gasteiger partial charge on any atom is 0.221 e. The predicted octanol–water partition coefficient (Wildman–Crippen LogP) is 4.16. The van der Waals surface area contributed by atoms with Gasteiger partial charge in [0.25, 0.3) is 0 Å². The Morgan fingerprint density at radius 2 is 1.52 bits per heavy atom. The van der Waals surface area contributed by atoms with Crippen LogP contribution < -0.4 is 11.1 Å². The first kappa shape index (κ1) is 17.7. The van der Waals surface area contributed by atoms with Gasteiger partial charge in [0.05, 0.1) is 0 Å². The van der Waals surface area contributed by atoms with Crippen molar-refractivity contribution in [3.05, 3.63) is 35.9 Å². The van der Waals surface area contributed by atoms with Gasteiger partial charge in [-0.2, -0.15) is 0 Å². The van der Waals surface area contributed by atoms with Gasteiger partial charge in [-0.15, -0.1) is 0 Å². The van der Waals surface area contributed by atoms with Gasteiger partial charge < -0.3 is 11.1 Å². The van der Waals surface area contributed by atoms with Crippen LogP contribution in [0, 0.1) is 23.7 Å². The highest BCUT2D eigenvalue weighted by molar-refractivity contribution is 5.78. The summed E-state index contributed by atoms with van der Waals surface area (Å²) >= 11 is 0. The first-order valence-corrected chi connectivity index (χ1v) is 11.2. The molecular weight excluding hydrogens is 332 g/mol. The highest BCUT2D eigenvalue weighted by Gasteiger charge is 2.58. The van der Waals surface area contributed by atoms with Crippen LogP contribution in [0.5, 0.6) is 0 Å². The SMILES string of the molecule is NC1CCC(NC(=O)CC2(c3ccccc3)C3CC4CC(C3)CC2C4)CC1. The number of rotatable bonds is 4. The fourth-order valence-corrected chi connectivity index (χ4v) is 7.44. The fraction of sp³-hybridized carbons (Fsp3) is 0.708. The Kier molecular flexibility index (Phi) is 4.54. The molecule has 5 aliphatic rings. The van der Waals surface area contributed by atoms with Crippen molar-refractivity contribution in [1.82, 2.24) is 5.32 Å². The monoisotopic (exact) mass is 366 g/mol. The average molecular weight is 367 g/mol. The lowest BCUT2D eigenvalue weighted by atomic mass is 9.43.